The highest BCUT2D eigenvalue weighted by Gasteiger charge is 2.36. The molecule has 0 unspecified atom stereocenters. The summed E-state index contributed by atoms with van der Waals surface area (Å²) in [6, 6.07) is 0. The minimum absolute atomic E-state index is 0.102. The summed E-state index contributed by atoms with van der Waals surface area (Å²) in [4.78, 5) is 3.38. The van der Waals surface area contributed by atoms with Gasteiger partial charge in [0.05, 0.1) is 5.60 Å². The highest BCUT2D eigenvalue weighted by atomic mass is 32.1. The zero-order chi connectivity index (χ0) is 13.9. The Morgan fingerprint density at radius 2 is 1.84 bits per heavy atom. The minimum atomic E-state index is -4.52. The summed E-state index contributed by atoms with van der Waals surface area (Å²) in [5.41, 5.74) is -0.847. The van der Waals surface area contributed by atoms with E-state index in [1.807, 2.05) is 0 Å². The first-order valence-corrected chi connectivity index (χ1v) is 7.04. The number of rotatable bonds is 3. The van der Waals surface area contributed by atoms with Crippen molar-refractivity contribution >= 4 is 16.7 Å². The lowest BCUT2D eigenvalue weighted by Crippen LogP contribution is -2.36. The SMILES string of the molecule is OC1(CNc2nc(C(F)(F)F)ns2)CCCCCC1. The number of anilines is 1. The number of halogens is 3. The molecule has 1 aromatic rings. The molecule has 4 nitrogen and oxygen atoms in total. The van der Waals surface area contributed by atoms with Gasteiger partial charge in [-0.1, -0.05) is 25.7 Å². The van der Waals surface area contributed by atoms with E-state index in [0.29, 0.717) is 24.4 Å². The van der Waals surface area contributed by atoms with Crippen molar-refractivity contribution in [3.05, 3.63) is 5.82 Å². The molecule has 2 rings (SSSR count). The number of nitrogens with zero attached hydrogens (tertiary/aromatic N) is 2. The molecule has 1 aromatic heterocycles. The van der Waals surface area contributed by atoms with Crippen molar-refractivity contribution in [2.75, 3.05) is 11.9 Å². The molecule has 0 amide bonds. The number of aliphatic hydroxyl groups is 1. The molecule has 1 aliphatic carbocycles. The fourth-order valence-corrected chi connectivity index (χ4v) is 2.80. The van der Waals surface area contributed by atoms with Crippen LogP contribution in [-0.4, -0.2) is 26.6 Å². The molecule has 8 heteroatoms. The van der Waals surface area contributed by atoms with Gasteiger partial charge in [0.2, 0.25) is 11.0 Å². The molecular weight excluding hydrogens is 279 g/mol. The van der Waals surface area contributed by atoms with Gasteiger partial charge in [-0.3, -0.25) is 0 Å². The van der Waals surface area contributed by atoms with Crippen molar-refractivity contribution in [3.8, 4) is 0 Å². The lowest BCUT2D eigenvalue weighted by molar-refractivity contribution is -0.144. The lowest BCUT2D eigenvalue weighted by Gasteiger charge is -2.26. The van der Waals surface area contributed by atoms with Gasteiger partial charge >= 0.3 is 6.18 Å². The third kappa shape index (κ3) is 4.04. The van der Waals surface area contributed by atoms with Crippen LogP contribution in [0, 0.1) is 0 Å². The maximum Gasteiger partial charge on any atom is 0.452 e. The molecule has 0 saturated heterocycles. The van der Waals surface area contributed by atoms with E-state index in [4.69, 9.17) is 0 Å². The first kappa shape index (κ1) is 14.5. The topological polar surface area (TPSA) is 58.0 Å². The van der Waals surface area contributed by atoms with Gasteiger partial charge in [-0.2, -0.15) is 22.5 Å². The number of hydrogen-bond acceptors (Lipinski definition) is 5. The van der Waals surface area contributed by atoms with Crippen molar-refractivity contribution in [1.29, 1.82) is 0 Å². The highest BCUT2D eigenvalue weighted by Crippen LogP contribution is 2.30. The fraction of sp³-hybridized carbons (Fsp3) is 0.818. The average Bonchev–Trinajstić information content (AvgIpc) is 2.71. The van der Waals surface area contributed by atoms with Gasteiger partial charge < -0.3 is 10.4 Å². The lowest BCUT2D eigenvalue weighted by atomic mass is 9.95. The van der Waals surface area contributed by atoms with Crippen molar-refractivity contribution in [2.24, 2.45) is 0 Å². The Labute approximate surface area is 113 Å². The van der Waals surface area contributed by atoms with Crippen LogP contribution in [0.4, 0.5) is 18.3 Å². The number of aromatic nitrogens is 2. The molecule has 1 aliphatic rings. The van der Waals surface area contributed by atoms with E-state index in [9.17, 15) is 18.3 Å². The van der Waals surface area contributed by atoms with E-state index < -0.39 is 17.6 Å². The fourth-order valence-electron chi connectivity index (χ4n) is 2.21. The Bertz CT molecular complexity index is 414. The first-order chi connectivity index (χ1) is 8.89. The van der Waals surface area contributed by atoms with Crippen LogP contribution in [-0.2, 0) is 6.18 Å². The van der Waals surface area contributed by atoms with Gasteiger partial charge in [-0.15, -0.1) is 0 Å². The van der Waals surface area contributed by atoms with Crippen LogP contribution in [0.15, 0.2) is 0 Å². The molecule has 0 aromatic carbocycles. The van der Waals surface area contributed by atoms with Crippen LogP contribution in [0.1, 0.15) is 44.3 Å². The zero-order valence-electron chi connectivity index (χ0n) is 10.3. The third-order valence-electron chi connectivity index (χ3n) is 3.28. The molecule has 2 N–H and O–H groups in total. The molecule has 0 spiro atoms. The molecule has 19 heavy (non-hydrogen) atoms. The minimum Gasteiger partial charge on any atom is -0.388 e. The summed E-state index contributed by atoms with van der Waals surface area (Å²) in [7, 11) is 0. The predicted octanol–water partition coefficient (Wildman–Crippen LogP) is 3.05. The largest absolute Gasteiger partial charge is 0.452 e. The van der Waals surface area contributed by atoms with E-state index in [1.54, 1.807) is 0 Å². The van der Waals surface area contributed by atoms with Gasteiger partial charge in [-0.25, -0.2) is 0 Å². The molecule has 0 bridgehead atoms. The first-order valence-electron chi connectivity index (χ1n) is 6.26. The normalized spacial score (nSPS) is 20.0. The Balaban J connectivity index is 1.92. The molecule has 0 radical (unpaired) electrons. The summed E-state index contributed by atoms with van der Waals surface area (Å²) in [6.07, 6.45) is 0.911. The van der Waals surface area contributed by atoms with Crippen LogP contribution < -0.4 is 5.32 Å². The number of nitrogens with one attached hydrogen (secondary N) is 1. The van der Waals surface area contributed by atoms with Crippen LogP contribution >= 0.6 is 11.5 Å². The van der Waals surface area contributed by atoms with Crippen LogP contribution in [0.25, 0.3) is 0 Å². The van der Waals surface area contributed by atoms with Gasteiger partial charge in [0, 0.05) is 18.1 Å². The smallest absolute Gasteiger partial charge is 0.388 e. The molecule has 0 aliphatic heterocycles. The second kappa shape index (κ2) is 5.62. The standard InChI is InChI=1S/C11H16F3N3OS/c12-11(13,14)8-16-9(19-17-8)15-7-10(18)5-3-1-2-4-6-10/h18H,1-7H2,(H,15,16,17). The van der Waals surface area contributed by atoms with E-state index >= 15 is 0 Å². The van der Waals surface area contributed by atoms with Crippen molar-refractivity contribution in [1.82, 2.24) is 9.36 Å². The second-order valence-electron chi connectivity index (χ2n) is 4.91. The summed E-state index contributed by atoms with van der Waals surface area (Å²) in [6.45, 7) is 0.222. The van der Waals surface area contributed by atoms with Gasteiger partial charge in [-0.05, 0) is 12.8 Å². The average molecular weight is 295 g/mol. The number of hydrogen-bond donors (Lipinski definition) is 2. The van der Waals surface area contributed by atoms with Gasteiger partial charge in [0.15, 0.2) is 0 Å². The summed E-state index contributed by atoms with van der Waals surface area (Å²) in [5, 5.41) is 13.2. The molecular formula is C11H16F3N3OS. The monoisotopic (exact) mass is 295 g/mol. The summed E-state index contributed by atoms with van der Waals surface area (Å²) >= 11 is 0.666. The summed E-state index contributed by atoms with van der Waals surface area (Å²) in [5.74, 6) is -1.13. The van der Waals surface area contributed by atoms with Crippen molar-refractivity contribution in [3.63, 3.8) is 0 Å². The van der Waals surface area contributed by atoms with Crippen LogP contribution in [0.3, 0.4) is 0 Å². The molecule has 1 fully saturated rings. The zero-order valence-corrected chi connectivity index (χ0v) is 11.2. The maximum absolute atomic E-state index is 12.3. The van der Waals surface area contributed by atoms with Crippen molar-refractivity contribution < 1.29 is 18.3 Å². The molecule has 108 valence electrons. The highest BCUT2D eigenvalue weighted by molar-refractivity contribution is 7.09. The van der Waals surface area contributed by atoms with E-state index in [0.717, 1.165) is 25.7 Å². The Morgan fingerprint density at radius 1 is 1.21 bits per heavy atom. The van der Waals surface area contributed by atoms with E-state index in [1.165, 1.54) is 0 Å². The van der Waals surface area contributed by atoms with Gasteiger partial charge in [0.25, 0.3) is 0 Å². The molecule has 1 saturated carbocycles. The molecule has 1 heterocycles. The summed E-state index contributed by atoms with van der Waals surface area (Å²) < 4.78 is 40.2. The third-order valence-corrected chi connectivity index (χ3v) is 3.96. The second-order valence-corrected chi connectivity index (χ2v) is 5.66. The Kier molecular flexibility index (Phi) is 4.29. The predicted molar refractivity (Wildman–Crippen MR) is 66.1 cm³/mol. The van der Waals surface area contributed by atoms with E-state index in [-0.39, 0.29) is 11.7 Å². The quantitative estimate of drug-likeness (QED) is 0.842. The Morgan fingerprint density at radius 3 is 2.37 bits per heavy atom. The maximum atomic E-state index is 12.3. The molecule has 0 atom stereocenters. The van der Waals surface area contributed by atoms with Crippen LogP contribution in [0.5, 0.6) is 0 Å². The van der Waals surface area contributed by atoms with Crippen LogP contribution in [0.2, 0.25) is 0 Å². The van der Waals surface area contributed by atoms with Crippen molar-refractivity contribution in [2.45, 2.75) is 50.3 Å². The Hall–Kier alpha value is -0.890. The van der Waals surface area contributed by atoms with Gasteiger partial charge in [0.1, 0.15) is 0 Å². The number of alkyl halides is 3. The van der Waals surface area contributed by atoms with E-state index in [2.05, 4.69) is 14.7 Å².